The Morgan fingerprint density at radius 1 is 1.23 bits per heavy atom. The lowest BCUT2D eigenvalue weighted by molar-refractivity contribution is 0.0761. The van der Waals surface area contributed by atoms with Crippen molar-refractivity contribution in [2.45, 2.75) is 39.2 Å². The van der Waals surface area contributed by atoms with Gasteiger partial charge in [-0.1, -0.05) is 43.6 Å². The van der Waals surface area contributed by atoms with E-state index >= 15 is 0 Å². The van der Waals surface area contributed by atoms with Crippen molar-refractivity contribution >= 4 is 17.5 Å². The maximum atomic E-state index is 12.7. The van der Waals surface area contributed by atoms with Crippen molar-refractivity contribution < 1.29 is 9.32 Å². The molecule has 2 heterocycles. The van der Waals surface area contributed by atoms with E-state index in [1.165, 1.54) is 0 Å². The third-order valence-corrected chi connectivity index (χ3v) is 4.66. The molecule has 3 rings (SSSR count). The second-order valence-electron chi connectivity index (χ2n) is 7.70. The Morgan fingerprint density at radius 3 is 2.73 bits per heavy atom. The molecule has 1 saturated heterocycles. The van der Waals surface area contributed by atoms with Gasteiger partial charge in [0.15, 0.2) is 5.82 Å². The van der Waals surface area contributed by atoms with Crippen LogP contribution in [0.5, 0.6) is 0 Å². The number of rotatable bonds is 3. The van der Waals surface area contributed by atoms with Gasteiger partial charge in [-0.05, 0) is 24.6 Å². The summed E-state index contributed by atoms with van der Waals surface area (Å²) in [6, 6.07) is 7.12. The summed E-state index contributed by atoms with van der Waals surface area (Å²) >= 11 is 6.01. The van der Waals surface area contributed by atoms with Crippen LogP contribution in [-0.4, -0.2) is 52.0 Å². The van der Waals surface area contributed by atoms with Gasteiger partial charge in [-0.25, -0.2) is 0 Å². The molecule has 1 amide bonds. The Kier molecular flexibility index (Phi) is 5.63. The molecule has 1 aromatic heterocycles. The lowest BCUT2D eigenvalue weighted by Gasteiger charge is -2.21. The number of benzene rings is 1. The van der Waals surface area contributed by atoms with Crippen LogP contribution in [0.25, 0.3) is 0 Å². The number of nitrogens with zero attached hydrogens (tertiary/aromatic N) is 4. The van der Waals surface area contributed by atoms with Gasteiger partial charge >= 0.3 is 0 Å². The molecule has 26 heavy (non-hydrogen) atoms. The van der Waals surface area contributed by atoms with Crippen LogP contribution in [0.3, 0.4) is 0 Å². The van der Waals surface area contributed by atoms with E-state index < -0.39 is 0 Å². The van der Waals surface area contributed by atoms with Crippen LogP contribution < -0.4 is 0 Å². The predicted octanol–water partition coefficient (Wildman–Crippen LogP) is 3.37. The fourth-order valence-corrected chi connectivity index (χ4v) is 3.15. The number of hydrogen-bond donors (Lipinski definition) is 0. The first-order chi connectivity index (χ1) is 12.3. The molecule has 0 bridgehead atoms. The molecule has 0 spiro atoms. The minimum absolute atomic E-state index is 0.0314. The van der Waals surface area contributed by atoms with Crippen molar-refractivity contribution in [3.63, 3.8) is 0 Å². The van der Waals surface area contributed by atoms with E-state index in [4.69, 9.17) is 16.1 Å². The third-order valence-electron chi connectivity index (χ3n) is 4.42. The predicted molar refractivity (Wildman–Crippen MR) is 100 cm³/mol. The van der Waals surface area contributed by atoms with Gasteiger partial charge in [0.05, 0.1) is 6.54 Å². The van der Waals surface area contributed by atoms with Crippen LogP contribution in [0.2, 0.25) is 5.02 Å². The topological polar surface area (TPSA) is 62.5 Å². The first-order valence-corrected chi connectivity index (χ1v) is 9.31. The van der Waals surface area contributed by atoms with E-state index in [-0.39, 0.29) is 11.3 Å². The number of amides is 1. The molecular weight excluding hydrogens is 352 g/mol. The van der Waals surface area contributed by atoms with Crippen molar-refractivity contribution in [3.8, 4) is 0 Å². The summed E-state index contributed by atoms with van der Waals surface area (Å²) in [5, 5.41) is 4.68. The molecule has 0 unspecified atom stereocenters. The average Bonchev–Trinajstić information content (AvgIpc) is 2.94. The van der Waals surface area contributed by atoms with Crippen LogP contribution in [0.1, 0.15) is 49.3 Å². The summed E-state index contributed by atoms with van der Waals surface area (Å²) in [7, 11) is 0. The van der Waals surface area contributed by atoms with Crippen molar-refractivity contribution in [1.82, 2.24) is 19.9 Å². The van der Waals surface area contributed by atoms with Crippen LogP contribution in [-0.2, 0) is 12.0 Å². The molecule has 0 aliphatic carbocycles. The molecule has 0 atom stereocenters. The van der Waals surface area contributed by atoms with Gasteiger partial charge in [-0.3, -0.25) is 9.69 Å². The summed E-state index contributed by atoms with van der Waals surface area (Å²) in [4.78, 5) is 21.4. The second-order valence-corrected chi connectivity index (χ2v) is 8.13. The van der Waals surface area contributed by atoms with Crippen LogP contribution in [0.4, 0.5) is 0 Å². The molecule has 1 fully saturated rings. The maximum absolute atomic E-state index is 12.7. The lowest BCUT2D eigenvalue weighted by Crippen LogP contribution is -2.35. The fourth-order valence-electron chi connectivity index (χ4n) is 2.96. The molecule has 2 aromatic rings. The number of halogens is 1. The monoisotopic (exact) mass is 376 g/mol. The molecule has 0 saturated carbocycles. The van der Waals surface area contributed by atoms with Crippen LogP contribution in [0.15, 0.2) is 28.8 Å². The summed E-state index contributed by atoms with van der Waals surface area (Å²) in [6.07, 6.45) is 0.913. The summed E-state index contributed by atoms with van der Waals surface area (Å²) in [5.74, 6) is 1.38. The molecular formula is C19H25ClN4O2. The number of hydrogen-bond acceptors (Lipinski definition) is 5. The molecule has 140 valence electrons. The Balaban J connectivity index is 1.60. The van der Waals surface area contributed by atoms with Crippen molar-refractivity contribution in [2.24, 2.45) is 0 Å². The van der Waals surface area contributed by atoms with Crippen LogP contribution >= 0.6 is 11.6 Å². The first kappa shape index (κ1) is 18.9. The summed E-state index contributed by atoms with van der Waals surface area (Å²) < 4.78 is 5.37. The zero-order valence-corrected chi connectivity index (χ0v) is 16.3. The van der Waals surface area contributed by atoms with Gasteiger partial charge in [0.1, 0.15) is 0 Å². The van der Waals surface area contributed by atoms with E-state index in [2.05, 4.69) is 35.8 Å². The maximum Gasteiger partial charge on any atom is 0.253 e. The minimum Gasteiger partial charge on any atom is -0.339 e. The highest BCUT2D eigenvalue weighted by molar-refractivity contribution is 6.30. The molecule has 6 nitrogen and oxygen atoms in total. The third kappa shape index (κ3) is 4.62. The smallest absolute Gasteiger partial charge is 0.253 e. The fraction of sp³-hybridized carbons (Fsp3) is 0.526. The Labute approximate surface area is 159 Å². The summed E-state index contributed by atoms with van der Waals surface area (Å²) in [5.41, 5.74) is 0.489. The van der Waals surface area contributed by atoms with Gasteiger partial charge in [0.25, 0.3) is 5.91 Å². The molecule has 1 aliphatic rings. The second kappa shape index (κ2) is 7.76. The molecule has 7 heteroatoms. The Hall–Kier alpha value is -1.92. The SMILES string of the molecule is CC(C)(C)c1nc(CN2CCCN(C(=O)c3cccc(Cl)c3)CC2)no1. The Bertz CT molecular complexity index is 769. The lowest BCUT2D eigenvalue weighted by atomic mass is 9.97. The van der Waals surface area contributed by atoms with E-state index in [0.29, 0.717) is 35.4 Å². The van der Waals surface area contributed by atoms with E-state index in [9.17, 15) is 4.79 Å². The molecule has 0 radical (unpaired) electrons. The van der Waals surface area contributed by atoms with Crippen molar-refractivity contribution in [1.29, 1.82) is 0 Å². The normalized spacial score (nSPS) is 16.5. The highest BCUT2D eigenvalue weighted by Crippen LogP contribution is 2.20. The average molecular weight is 377 g/mol. The quantitative estimate of drug-likeness (QED) is 0.821. The van der Waals surface area contributed by atoms with Crippen molar-refractivity contribution in [2.75, 3.05) is 26.2 Å². The molecule has 1 aromatic carbocycles. The summed E-state index contributed by atoms with van der Waals surface area (Å²) in [6.45, 7) is 9.89. The number of aromatic nitrogens is 2. The largest absolute Gasteiger partial charge is 0.339 e. The van der Waals surface area contributed by atoms with Gasteiger partial charge < -0.3 is 9.42 Å². The van der Waals surface area contributed by atoms with E-state index in [1.807, 2.05) is 17.0 Å². The van der Waals surface area contributed by atoms with Gasteiger partial charge in [-0.2, -0.15) is 4.98 Å². The van der Waals surface area contributed by atoms with Gasteiger partial charge in [-0.15, -0.1) is 0 Å². The highest BCUT2D eigenvalue weighted by atomic mass is 35.5. The van der Waals surface area contributed by atoms with Gasteiger partial charge in [0, 0.05) is 42.2 Å². The standard InChI is InChI=1S/C19H25ClN4O2/c1-19(2,3)18-21-16(22-26-18)13-23-8-5-9-24(11-10-23)17(25)14-6-4-7-15(20)12-14/h4,6-7,12H,5,8-11,13H2,1-3H3. The molecule has 0 N–H and O–H groups in total. The minimum atomic E-state index is -0.149. The van der Waals surface area contributed by atoms with Gasteiger partial charge in [0.2, 0.25) is 5.89 Å². The zero-order valence-electron chi connectivity index (χ0n) is 15.5. The Morgan fingerprint density at radius 2 is 2.04 bits per heavy atom. The highest BCUT2D eigenvalue weighted by Gasteiger charge is 2.24. The van der Waals surface area contributed by atoms with E-state index in [1.54, 1.807) is 12.1 Å². The van der Waals surface area contributed by atoms with Crippen molar-refractivity contribution in [3.05, 3.63) is 46.6 Å². The molecule has 1 aliphatic heterocycles. The number of carbonyl (C=O) groups is 1. The first-order valence-electron chi connectivity index (χ1n) is 8.93. The number of carbonyl (C=O) groups excluding carboxylic acids is 1. The van der Waals surface area contributed by atoms with Crippen LogP contribution in [0, 0.1) is 0 Å². The zero-order chi connectivity index (χ0) is 18.7. The van der Waals surface area contributed by atoms with E-state index in [0.717, 1.165) is 26.1 Å².